The number of nitrogens with one attached hydrogen (secondary N) is 1. The molecule has 1 amide bonds. The van der Waals surface area contributed by atoms with Gasteiger partial charge in [0, 0.05) is 19.8 Å². The predicted molar refractivity (Wildman–Crippen MR) is 100 cm³/mol. The normalized spacial score (nSPS) is 11.6. The highest BCUT2D eigenvalue weighted by Crippen LogP contribution is 2.19. The quantitative estimate of drug-likeness (QED) is 0.799. The van der Waals surface area contributed by atoms with Gasteiger partial charge in [-0.15, -0.1) is 0 Å². The lowest BCUT2D eigenvalue weighted by Crippen LogP contribution is -2.23. The van der Waals surface area contributed by atoms with Crippen molar-refractivity contribution < 1.29 is 17.6 Å². The maximum atomic E-state index is 14.0. The molecule has 0 heterocycles. The Labute approximate surface area is 153 Å². The van der Waals surface area contributed by atoms with E-state index in [9.17, 15) is 17.6 Å². The highest BCUT2D eigenvalue weighted by atomic mass is 32.2. The fourth-order valence-electron chi connectivity index (χ4n) is 2.38. The molecule has 0 bridgehead atoms. The van der Waals surface area contributed by atoms with Gasteiger partial charge in [-0.3, -0.25) is 4.79 Å². The van der Waals surface area contributed by atoms with Crippen LogP contribution in [-0.4, -0.2) is 32.7 Å². The molecule has 0 fully saturated rings. The smallest absolute Gasteiger partial charge is 0.258 e. The zero-order valence-corrected chi connectivity index (χ0v) is 15.9. The number of carbonyl (C=O) groups excluding carboxylic acids is 1. The second kappa shape index (κ2) is 8.42. The molecule has 0 saturated carbocycles. The topological polar surface area (TPSA) is 66.5 Å². The van der Waals surface area contributed by atoms with Crippen LogP contribution < -0.4 is 5.32 Å². The molecule has 2 aromatic carbocycles. The van der Waals surface area contributed by atoms with E-state index in [1.807, 2.05) is 12.1 Å². The molecule has 0 aliphatic carbocycles. The first-order valence-corrected chi connectivity index (χ1v) is 9.82. The molecule has 2 rings (SSSR count). The number of rotatable bonds is 7. The van der Waals surface area contributed by atoms with Crippen LogP contribution in [0.25, 0.3) is 0 Å². The second-order valence-corrected chi connectivity index (χ2v) is 8.34. The number of anilines is 1. The fourth-order valence-corrected chi connectivity index (χ4v) is 3.31. The average molecular weight is 378 g/mol. The molecular weight excluding hydrogens is 355 g/mol. The molecule has 2 aromatic rings. The van der Waals surface area contributed by atoms with Gasteiger partial charge in [0.25, 0.3) is 5.91 Å². The Balaban J connectivity index is 2.21. The number of carbonyl (C=O) groups is 1. The van der Waals surface area contributed by atoms with Crippen LogP contribution in [0.4, 0.5) is 10.1 Å². The fraction of sp³-hybridized carbons (Fsp3) is 0.316. The zero-order chi connectivity index (χ0) is 19.3. The van der Waals surface area contributed by atoms with Crippen molar-refractivity contribution in [1.82, 2.24) is 4.31 Å². The number of amides is 1. The van der Waals surface area contributed by atoms with Crippen LogP contribution in [0.1, 0.15) is 35.7 Å². The minimum atomic E-state index is -3.75. The van der Waals surface area contributed by atoms with Gasteiger partial charge in [-0.25, -0.2) is 17.1 Å². The Bertz CT molecular complexity index is 878. The number of hydrogen-bond donors (Lipinski definition) is 1. The molecule has 140 valence electrons. The standard InChI is InChI=1S/C19H23FN2O3S/c1-4-5-6-14-7-9-15(10-8-14)21-19(23)17-13-16(11-12-18(17)20)26(24,25)22(2)3/h7-13H,4-6H2,1-3H3,(H,21,23). The van der Waals surface area contributed by atoms with E-state index in [-0.39, 0.29) is 10.5 Å². The zero-order valence-electron chi connectivity index (χ0n) is 15.1. The molecule has 5 nitrogen and oxygen atoms in total. The number of benzene rings is 2. The number of hydrogen-bond acceptors (Lipinski definition) is 3. The Hall–Kier alpha value is -2.25. The third-order valence-corrected chi connectivity index (χ3v) is 5.80. The highest BCUT2D eigenvalue weighted by molar-refractivity contribution is 7.89. The summed E-state index contributed by atoms with van der Waals surface area (Å²) < 4.78 is 39.4. The van der Waals surface area contributed by atoms with Crippen LogP contribution in [0.5, 0.6) is 0 Å². The van der Waals surface area contributed by atoms with Crippen LogP contribution in [0, 0.1) is 5.82 Å². The maximum Gasteiger partial charge on any atom is 0.258 e. The SMILES string of the molecule is CCCCc1ccc(NC(=O)c2cc(S(=O)(=O)N(C)C)ccc2F)cc1. The summed E-state index contributed by atoms with van der Waals surface area (Å²) in [5, 5.41) is 2.60. The number of nitrogens with zero attached hydrogens (tertiary/aromatic N) is 1. The molecule has 0 aromatic heterocycles. The van der Waals surface area contributed by atoms with E-state index in [4.69, 9.17) is 0 Å². The van der Waals surface area contributed by atoms with Crippen LogP contribution in [0.15, 0.2) is 47.4 Å². The molecule has 1 N–H and O–H groups in total. The summed E-state index contributed by atoms with van der Waals surface area (Å²) in [4.78, 5) is 12.2. The van der Waals surface area contributed by atoms with Crippen molar-refractivity contribution in [2.45, 2.75) is 31.1 Å². The van der Waals surface area contributed by atoms with E-state index in [0.29, 0.717) is 5.69 Å². The first kappa shape index (κ1) is 20.1. The molecular formula is C19H23FN2O3S. The average Bonchev–Trinajstić information content (AvgIpc) is 2.61. The first-order valence-electron chi connectivity index (χ1n) is 8.38. The van der Waals surface area contributed by atoms with Gasteiger partial charge in [0.1, 0.15) is 5.82 Å². The highest BCUT2D eigenvalue weighted by Gasteiger charge is 2.21. The van der Waals surface area contributed by atoms with E-state index < -0.39 is 21.7 Å². The van der Waals surface area contributed by atoms with Crippen molar-refractivity contribution in [3.63, 3.8) is 0 Å². The van der Waals surface area contributed by atoms with Crippen LogP contribution in [0.2, 0.25) is 0 Å². The van der Waals surface area contributed by atoms with E-state index >= 15 is 0 Å². The molecule has 0 unspecified atom stereocenters. The van der Waals surface area contributed by atoms with Crippen LogP contribution in [0.3, 0.4) is 0 Å². The Morgan fingerprint density at radius 1 is 1.12 bits per heavy atom. The molecule has 0 radical (unpaired) electrons. The van der Waals surface area contributed by atoms with Crippen molar-refractivity contribution >= 4 is 21.6 Å². The minimum absolute atomic E-state index is 0.135. The van der Waals surface area contributed by atoms with Gasteiger partial charge in [0.05, 0.1) is 10.5 Å². The first-order chi connectivity index (χ1) is 12.3. The summed E-state index contributed by atoms with van der Waals surface area (Å²) in [6, 6.07) is 10.5. The second-order valence-electron chi connectivity index (χ2n) is 6.18. The Kier molecular flexibility index (Phi) is 6.50. The molecule has 0 aliphatic rings. The van der Waals surface area contributed by atoms with E-state index in [1.54, 1.807) is 12.1 Å². The van der Waals surface area contributed by atoms with Gasteiger partial charge in [0.2, 0.25) is 10.0 Å². The lowest BCUT2D eigenvalue weighted by Gasteiger charge is -2.13. The molecule has 26 heavy (non-hydrogen) atoms. The molecule has 0 atom stereocenters. The predicted octanol–water partition coefficient (Wildman–Crippen LogP) is 3.67. The summed E-state index contributed by atoms with van der Waals surface area (Å²) in [6.45, 7) is 2.12. The number of unbranched alkanes of at least 4 members (excludes halogenated alkanes) is 1. The molecule has 0 aliphatic heterocycles. The van der Waals surface area contributed by atoms with Gasteiger partial charge in [-0.05, 0) is 48.7 Å². The van der Waals surface area contributed by atoms with Gasteiger partial charge in [-0.2, -0.15) is 0 Å². The third kappa shape index (κ3) is 4.68. The number of halogens is 1. The van der Waals surface area contributed by atoms with Gasteiger partial charge in [0.15, 0.2) is 0 Å². The molecule has 7 heteroatoms. The lowest BCUT2D eigenvalue weighted by atomic mass is 10.1. The largest absolute Gasteiger partial charge is 0.322 e. The van der Waals surface area contributed by atoms with E-state index in [2.05, 4.69) is 12.2 Å². The van der Waals surface area contributed by atoms with Crippen LogP contribution >= 0.6 is 0 Å². The van der Waals surface area contributed by atoms with Crippen molar-refractivity contribution in [3.8, 4) is 0 Å². The summed E-state index contributed by atoms with van der Waals surface area (Å²) in [7, 11) is -1.00. The Morgan fingerprint density at radius 3 is 2.35 bits per heavy atom. The number of aryl methyl sites for hydroxylation is 1. The Morgan fingerprint density at radius 2 is 1.77 bits per heavy atom. The van der Waals surface area contributed by atoms with Crippen LogP contribution in [-0.2, 0) is 16.4 Å². The number of sulfonamides is 1. The van der Waals surface area contributed by atoms with Crippen molar-refractivity contribution in [3.05, 3.63) is 59.4 Å². The summed E-state index contributed by atoms with van der Waals surface area (Å²) in [5.74, 6) is -1.47. The van der Waals surface area contributed by atoms with Gasteiger partial charge < -0.3 is 5.32 Å². The van der Waals surface area contributed by atoms with Crippen molar-refractivity contribution in [2.75, 3.05) is 19.4 Å². The van der Waals surface area contributed by atoms with Crippen molar-refractivity contribution in [1.29, 1.82) is 0 Å². The monoisotopic (exact) mass is 378 g/mol. The summed E-state index contributed by atoms with van der Waals surface area (Å²) >= 11 is 0. The van der Waals surface area contributed by atoms with Gasteiger partial charge >= 0.3 is 0 Å². The van der Waals surface area contributed by atoms with E-state index in [0.717, 1.165) is 47.3 Å². The minimum Gasteiger partial charge on any atom is -0.322 e. The summed E-state index contributed by atoms with van der Waals surface area (Å²) in [5.41, 5.74) is 1.37. The molecule has 0 spiro atoms. The third-order valence-electron chi connectivity index (χ3n) is 3.99. The summed E-state index contributed by atoms with van der Waals surface area (Å²) in [6.07, 6.45) is 3.15. The van der Waals surface area contributed by atoms with Crippen molar-refractivity contribution in [2.24, 2.45) is 0 Å². The van der Waals surface area contributed by atoms with Gasteiger partial charge in [-0.1, -0.05) is 25.5 Å². The van der Waals surface area contributed by atoms with E-state index in [1.165, 1.54) is 14.1 Å². The molecule has 0 saturated heterocycles. The lowest BCUT2D eigenvalue weighted by molar-refractivity contribution is 0.102. The maximum absolute atomic E-state index is 14.0.